The number of fused-ring (bicyclic) bond motifs is 1. The molecule has 2 heterocycles. The second kappa shape index (κ2) is 5.13. The molecule has 4 atom stereocenters. The van der Waals surface area contributed by atoms with E-state index in [1.54, 1.807) is 0 Å². The molecular weight excluding hydrogens is 258 g/mol. The van der Waals surface area contributed by atoms with Crippen LogP contribution in [0.15, 0.2) is 0 Å². The summed E-state index contributed by atoms with van der Waals surface area (Å²) in [6, 6.07) is 0.333. The third kappa shape index (κ3) is 2.09. The van der Waals surface area contributed by atoms with Crippen molar-refractivity contribution in [3.05, 3.63) is 0 Å². The van der Waals surface area contributed by atoms with Gasteiger partial charge in [0.15, 0.2) is 0 Å². The van der Waals surface area contributed by atoms with Gasteiger partial charge < -0.3 is 31.7 Å². The summed E-state index contributed by atoms with van der Waals surface area (Å²) in [5, 5.41) is 19.3. The van der Waals surface area contributed by atoms with Crippen LogP contribution in [-0.2, 0) is 0 Å². The van der Waals surface area contributed by atoms with Crippen LogP contribution in [0.1, 0.15) is 26.2 Å². The van der Waals surface area contributed by atoms with Crippen molar-refractivity contribution in [1.29, 1.82) is 0 Å². The molecule has 3 nitrogen and oxygen atoms in total. The molecule has 2 aliphatic rings. The Bertz CT molecular complexity index is 211. The molecule has 0 aromatic carbocycles. The fourth-order valence-corrected chi connectivity index (χ4v) is 3.71. The molecule has 0 aromatic heterocycles. The average Bonchev–Trinajstić information content (AvgIpc) is 2.67. The summed E-state index contributed by atoms with van der Waals surface area (Å²) >= 11 is 0. The maximum Gasteiger partial charge on any atom is 0.121 e. The van der Waals surface area contributed by atoms with Crippen molar-refractivity contribution in [2.45, 2.75) is 38.3 Å². The number of aliphatic hydroxyl groups excluding tert-OH is 2. The Morgan fingerprint density at radius 3 is 2.53 bits per heavy atom. The standard InChI is InChI=1S/C11H22NO2.BrH/c1-2-5-12-6-3-9(8-13)11(12)10(14)4-7-12;/h9-11,13-14H,2-8H2,1H3;1H/q+1;/p-1. The summed E-state index contributed by atoms with van der Waals surface area (Å²) in [5.41, 5.74) is 0. The van der Waals surface area contributed by atoms with E-state index in [4.69, 9.17) is 0 Å². The van der Waals surface area contributed by atoms with Gasteiger partial charge in [0.2, 0.25) is 0 Å². The van der Waals surface area contributed by atoms with E-state index in [9.17, 15) is 10.2 Å². The summed E-state index contributed by atoms with van der Waals surface area (Å²) in [6.07, 6.45) is 3.04. The van der Waals surface area contributed by atoms with Crippen molar-refractivity contribution in [2.24, 2.45) is 5.92 Å². The van der Waals surface area contributed by atoms with Crippen LogP contribution in [0.3, 0.4) is 0 Å². The second-order valence-corrected chi connectivity index (χ2v) is 4.97. The van der Waals surface area contributed by atoms with Crippen LogP contribution in [0.2, 0.25) is 0 Å². The van der Waals surface area contributed by atoms with Gasteiger partial charge in [-0.3, -0.25) is 0 Å². The lowest BCUT2D eigenvalue weighted by molar-refractivity contribution is -0.930. The van der Waals surface area contributed by atoms with Crippen molar-refractivity contribution >= 4 is 0 Å². The molecule has 0 spiro atoms. The minimum atomic E-state index is -0.166. The van der Waals surface area contributed by atoms with E-state index < -0.39 is 0 Å². The molecule has 0 aromatic rings. The van der Waals surface area contributed by atoms with E-state index in [0.717, 1.165) is 23.9 Å². The highest BCUT2D eigenvalue weighted by atomic mass is 79.9. The largest absolute Gasteiger partial charge is 1.00 e. The Labute approximate surface area is 102 Å². The van der Waals surface area contributed by atoms with E-state index in [-0.39, 0.29) is 29.7 Å². The monoisotopic (exact) mass is 279 g/mol. The quantitative estimate of drug-likeness (QED) is 0.555. The predicted octanol–water partition coefficient (Wildman–Crippen LogP) is -2.64. The Kier molecular flexibility index (Phi) is 4.59. The first-order chi connectivity index (χ1) is 6.73. The molecule has 0 aliphatic carbocycles. The highest BCUT2D eigenvalue weighted by molar-refractivity contribution is 4.88. The van der Waals surface area contributed by atoms with E-state index in [0.29, 0.717) is 12.0 Å². The van der Waals surface area contributed by atoms with Gasteiger partial charge in [0.1, 0.15) is 12.1 Å². The average molecular weight is 280 g/mol. The molecule has 0 amide bonds. The molecule has 90 valence electrons. The second-order valence-electron chi connectivity index (χ2n) is 4.97. The smallest absolute Gasteiger partial charge is 0.121 e. The Morgan fingerprint density at radius 2 is 1.93 bits per heavy atom. The van der Waals surface area contributed by atoms with Gasteiger partial charge in [-0.1, -0.05) is 6.92 Å². The van der Waals surface area contributed by atoms with Gasteiger partial charge in [-0.25, -0.2) is 0 Å². The minimum Gasteiger partial charge on any atom is -1.00 e. The van der Waals surface area contributed by atoms with Crippen LogP contribution >= 0.6 is 0 Å². The summed E-state index contributed by atoms with van der Waals surface area (Å²) in [5.74, 6) is 0.346. The lowest BCUT2D eigenvalue weighted by Crippen LogP contribution is -3.00. The molecule has 2 rings (SSSR count). The summed E-state index contributed by atoms with van der Waals surface area (Å²) in [4.78, 5) is 0. The lowest BCUT2D eigenvalue weighted by atomic mass is 9.97. The molecule has 2 fully saturated rings. The zero-order chi connectivity index (χ0) is 10.2. The minimum absolute atomic E-state index is 0. The summed E-state index contributed by atoms with van der Waals surface area (Å²) in [6.45, 7) is 5.93. The van der Waals surface area contributed by atoms with Gasteiger partial charge in [0, 0.05) is 18.8 Å². The van der Waals surface area contributed by atoms with E-state index in [1.165, 1.54) is 19.5 Å². The molecule has 0 radical (unpaired) electrons. The zero-order valence-corrected chi connectivity index (χ0v) is 11.0. The summed E-state index contributed by atoms with van der Waals surface area (Å²) < 4.78 is 1.09. The van der Waals surface area contributed by atoms with Gasteiger partial charge in [-0.05, 0) is 6.42 Å². The zero-order valence-electron chi connectivity index (χ0n) is 9.40. The van der Waals surface area contributed by atoms with E-state index in [2.05, 4.69) is 6.92 Å². The van der Waals surface area contributed by atoms with Gasteiger partial charge in [0.25, 0.3) is 0 Å². The number of aliphatic hydroxyl groups is 2. The van der Waals surface area contributed by atoms with Crippen LogP contribution in [0.4, 0.5) is 0 Å². The molecule has 4 unspecified atom stereocenters. The van der Waals surface area contributed by atoms with Crippen LogP contribution in [-0.4, -0.2) is 53.1 Å². The van der Waals surface area contributed by atoms with E-state index >= 15 is 0 Å². The maximum atomic E-state index is 9.97. The van der Waals surface area contributed by atoms with Crippen molar-refractivity contribution < 1.29 is 31.7 Å². The molecule has 2 aliphatic heterocycles. The fourth-order valence-electron chi connectivity index (χ4n) is 3.71. The third-order valence-electron chi connectivity index (χ3n) is 4.23. The van der Waals surface area contributed by atoms with Crippen LogP contribution in [0.5, 0.6) is 0 Å². The van der Waals surface area contributed by atoms with Gasteiger partial charge >= 0.3 is 0 Å². The number of hydrogen-bond acceptors (Lipinski definition) is 2. The van der Waals surface area contributed by atoms with Gasteiger partial charge in [-0.15, -0.1) is 0 Å². The lowest BCUT2D eigenvalue weighted by Gasteiger charge is -2.36. The normalized spacial score (nSPS) is 43.8. The van der Waals surface area contributed by atoms with Crippen molar-refractivity contribution in [3.63, 3.8) is 0 Å². The Balaban J connectivity index is 0.00000112. The molecule has 4 heteroatoms. The van der Waals surface area contributed by atoms with Crippen LogP contribution in [0.25, 0.3) is 0 Å². The first kappa shape index (κ1) is 13.4. The molecular formula is C11H22BrNO2. The summed E-state index contributed by atoms with van der Waals surface area (Å²) in [7, 11) is 0. The number of nitrogens with zero attached hydrogens (tertiary/aromatic N) is 1. The first-order valence-electron chi connectivity index (χ1n) is 5.88. The van der Waals surface area contributed by atoms with Crippen molar-refractivity contribution in [3.8, 4) is 0 Å². The topological polar surface area (TPSA) is 40.5 Å². The van der Waals surface area contributed by atoms with Crippen LogP contribution < -0.4 is 17.0 Å². The number of rotatable bonds is 3. The van der Waals surface area contributed by atoms with E-state index in [1.807, 2.05) is 0 Å². The Morgan fingerprint density at radius 1 is 1.27 bits per heavy atom. The fraction of sp³-hybridized carbons (Fsp3) is 1.00. The first-order valence-corrected chi connectivity index (χ1v) is 5.88. The number of hydrogen-bond donors (Lipinski definition) is 2. The SMILES string of the molecule is CCC[N+]12CCC(O)C1C(CO)CC2.[Br-]. The molecule has 0 saturated carbocycles. The molecule has 2 N–H and O–H groups in total. The molecule has 15 heavy (non-hydrogen) atoms. The highest BCUT2D eigenvalue weighted by Gasteiger charge is 2.55. The third-order valence-corrected chi connectivity index (χ3v) is 4.23. The van der Waals surface area contributed by atoms with Gasteiger partial charge in [-0.2, -0.15) is 0 Å². The predicted molar refractivity (Wildman–Crippen MR) is 54.8 cm³/mol. The Hall–Kier alpha value is 0.360. The maximum absolute atomic E-state index is 9.97. The van der Waals surface area contributed by atoms with Gasteiger partial charge in [0.05, 0.1) is 26.2 Å². The van der Waals surface area contributed by atoms with Crippen LogP contribution in [0, 0.1) is 5.92 Å². The molecule has 0 bridgehead atoms. The number of halogens is 1. The number of quaternary nitrogens is 1. The highest BCUT2D eigenvalue weighted by Crippen LogP contribution is 2.40. The molecule has 2 saturated heterocycles. The van der Waals surface area contributed by atoms with Crippen molar-refractivity contribution in [2.75, 3.05) is 26.2 Å². The van der Waals surface area contributed by atoms with Crippen molar-refractivity contribution in [1.82, 2.24) is 0 Å².